The SMILES string of the molecule is [2H]C([2H])([2H])C(S)(CCC(=O)N(C)[C@@H](C)C(=O)O[C@H]1CC(=O)N(C)c2cc(cc(OC)c2Cl)C/C(C)=C/C=C/[C@@H](OC)[C@@]2(O)C[C@H](OC(=O)N2)[C@@H](C)[C@@H]2O[C@@]12C)C([2H])([2H])[2H]. The van der Waals surface area contributed by atoms with Gasteiger partial charge in [0.15, 0.2) is 5.72 Å². The highest BCUT2D eigenvalue weighted by Crippen LogP contribution is 2.49. The van der Waals surface area contributed by atoms with E-state index in [9.17, 15) is 24.3 Å². The van der Waals surface area contributed by atoms with Crippen molar-refractivity contribution in [3.05, 3.63) is 46.5 Å². The first kappa shape index (κ1) is 34.2. The Balaban J connectivity index is 1.71. The zero-order valence-corrected chi connectivity index (χ0v) is 32.9. The Labute approximate surface area is 331 Å². The van der Waals surface area contributed by atoms with Gasteiger partial charge in [0.1, 0.15) is 40.7 Å². The number of nitrogens with zero attached hydrogens (tertiary/aromatic N) is 2. The molecule has 294 valence electrons. The summed E-state index contributed by atoms with van der Waals surface area (Å²) < 4.78 is 73.1. The first-order valence-electron chi connectivity index (χ1n) is 20.2. The third-order valence-electron chi connectivity index (χ3n) is 10.2. The largest absolute Gasteiger partial charge is 0.495 e. The number of hydrogen-bond acceptors (Lipinski definition) is 11. The van der Waals surface area contributed by atoms with Crippen LogP contribution in [0.1, 0.15) is 80.9 Å². The van der Waals surface area contributed by atoms with E-state index in [2.05, 4.69) is 17.9 Å². The number of rotatable bonds is 8. The Kier molecular flexibility index (Phi) is 10.7. The quantitative estimate of drug-likeness (QED) is 0.186. The van der Waals surface area contributed by atoms with Crippen molar-refractivity contribution < 1.29 is 56.2 Å². The monoisotopic (exact) mass is 785 g/mol. The fourth-order valence-corrected chi connectivity index (χ4v) is 7.11. The Hall–Kier alpha value is -3.30. The van der Waals surface area contributed by atoms with Gasteiger partial charge < -0.3 is 38.6 Å². The molecule has 1 aromatic carbocycles. The molecule has 0 radical (unpaired) electrons. The summed E-state index contributed by atoms with van der Waals surface area (Å²) in [7, 11) is 5.62. The number of halogens is 1. The highest BCUT2D eigenvalue weighted by Gasteiger charge is 2.64. The van der Waals surface area contributed by atoms with Crippen LogP contribution >= 0.6 is 24.2 Å². The zero-order valence-electron chi connectivity index (χ0n) is 37.2. The molecule has 53 heavy (non-hydrogen) atoms. The number of amides is 3. The Morgan fingerprint density at radius 2 is 2.00 bits per heavy atom. The second kappa shape index (κ2) is 16.6. The number of carbonyl (C=O) groups is 4. The molecule has 1 aromatic rings. The van der Waals surface area contributed by atoms with Gasteiger partial charge in [-0.3, -0.25) is 14.9 Å². The molecule has 0 spiro atoms. The minimum absolute atomic E-state index is 0.126. The van der Waals surface area contributed by atoms with Crippen molar-refractivity contribution in [2.75, 3.05) is 33.2 Å². The third kappa shape index (κ3) is 9.88. The van der Waals surface area contributed by atoms with Gasteiger partial charge in [-0.2, -0.15) is 12.6 Å². The number of thiol groups is 1. The van der Waals surface area contributed by atoms with Gasteiger partial charge in [-0.15, -0.1) is 0 Å². The molecule has 3 aliphatic rings. The molecule has 2 N–H and O–H groups in total. The molecule has 3 heterocycles. The molecule has 13 nitrogen and oxygen atoms in total. The van der Waals surface area contributed by atoms with Gasteiger partial charge in [0.05, 0.1) is 25.3 Å². The molecule has 2 saturated heterocycles. The zero-order chi connectivity index (χ0) is 44.6. The van der Waals surface area contributed by atoms with Crippen LogP contribution in [0.4, 0.5) is 10.5 Å². The lowest BCUT2D eigenvalue weighted by Crippen LogP contribution is -2.63. The lowest BCUT2D eigenvalue weighted by Gasteiger charge is -2.42. The maximum absolute atomic E-state index is 14.2. The highest BCUT2D eigenvalue weighted by atomic mass is 35.5. The van der Waals surface area contributed by atoms with Crippen molar-refractivity contribution in [2.45, 2.75) is 120 Å². The minimum atomic E-state index is -3.04. The number of esters is 1. The highest BCUT2D eigenvalue weighted by molar-refractivity contribution is 7.81. The van der Waals surface area contributed by atoms with Crippen LogP contribution in [-0.2, 0) is 39.8 Å². The number of alkyl carbamates (subject to hydrolysis) is 1. The van der Waals surface area contributed by atoms with E-state index in [0.717, 1.165) is 16.0 Å². The molecule has 0 saturated carbocycles. The predicted molar refractivity (Wildman–Crippen MR) is 203 cm³/mol. The van der Waals surface area contributed by atoms with E-state index in [4.69, 9.17) is 43.5 Å². The van der Waals surface area contributed by atoms with Crippen molar-refractivity contribution >= 4 is 53.8 Å². The number of epoxide rings is 1. The normalized spacial score (nSPS) is 33.7. The summed E-state index contributed by atoms with van der Waals surface area (Å²) >= 11 is 10.7. The number of likely N-dealkylation sites (N-methyl/N-ethyl adjacent to an activating group) is 1. The van der Waals surface area contributed by atoms with Gasteiger partial charge in [-0.25, -0.2) is 9.59 Å². The summed E-state index contributed by atoms with van der Waals surface area (Å²) in [6.07, 6.45) is -1.18. The molecule has 3 amide bonds. The number of methoxy groups -OCH3 is 2. The average molecular weight is 786 g/mol. The third-order valence-corrected chi connectivity index (χ3v) is 10.8. The van der Waals surface area contributed by atoms with E-state index in [1.807, 2.05) is 13.0 Å². The van der Waals surface area contributed by atoms with Gasteiger partial charge in [-0.05, 0) is 51.3 Å². The molecule has 0 unspecified atom stereocenters. The number of aliphatic hydroxyl groups is 1. The Morgan fingerprint density at radius 1 is 1.30 bits per heavy atom. The van der Waals surface area contributed by atoms with Gasteiger partial charge in [0, 0.05) is 52.9 Å². The maximum atomic E-state index is 14.2. The van der Waals surface area contributed by atoms with Crippen LogP contribution in [0.2, 0.25) is 5.02 Å². The first-order valence-corrected chi connectivity index (χ1v) is 18.0. The number of allylic oxidation sites excluding steroid dienone is 3. The Bertz CT molecular complexity index is 1840. The van der Waals surface area contributed by atoms with Crippen molar-refractivity contribution in [3.63, 3.8) is 0 Å². The van der Waals surface area contributed by atoms with Crippen LogP contribution in [0, 0.1) is 5.92 Å². The minimum Gasteiger partial charge on any atom is -0.495 e. The summed E-state index contributed by atoms with van der Waals surface area (Å²) in [5, 5.41) is 14.4. The van der Waals surface area contributed by atoms with Gasteiger partial charge in [0.25, 0.3) is 0 Å². The topological polar surface area (TPSA) is 156 Å². The van der Waals surface area contributed by atoms with E-state index in [0.29, 0.717) is 17.9 Å². The summed E-state index contributed by atoms with van der Waals surface area (Å²) in [6.45, 7) is 0.510. The summed E-state index contributed by atoms with van der Waals surface area (Å²) in [4.78, 5) is 56.6. The number of fused-ring (bicyclic) bond motifs is 5. The smallest absolute Gasteiger partial charge is 0.409 e. The number of ether oxygens (including phenoxy) is 5. The molecule has 2 fully saturated rings. The maximum Gasteiger partial charge on any atom is 0.409 e. The van der Waals surface area contributed by atoms with Crippen LogP contribution in [0.3, 0.4) is 0 Å². The molecule has 4 rings (SSSR count). The number of anilines is 1. The number of nitrogens with one attached hydrogen (secondary N) is 1. The van der Waals surface area contributed by atoms with Crippen LogP contribution in [0.5, 0.6) is 5.75 Å². The van der Waals surface area contributed by atoms with E-state index in [1.54, 1.807) is 38.1 Å². The van der Waals surface area contributed by atoms with Crippen LogP contribution in [0.25, 0.3) is 0 Å². The van der Waals surface area contributed by atoms with Crippen LogP contribution in [0.15, 0.2) is 35.9 Å². The molecule has 15 heteroatoms. The standard InChI is InChI=1S/C38H54ClN3O10S/c1-21-12-11-13-28(49-10)38(47)20-27(50-35(46)40-38)22(2)33-37(6,52-33)29(51-34(45)23(3)41(7)30(43)14-15-36(4,5)53)19-31(44)42(8)25-17-24(16-21)18-26(48-9)32(25)39/h11-13,17-18,22-23,27-29,33,47,53H,14-16,19-20H2,1-10H3,(H,40,46)/b13-11+,21-12+/t22-,23+,27+,28-,29+,33+,37+,38+/m1/s1/i4D3,5D3. The number of carbonyl (C=O) groups excluding carboxylic acids is 4. The van der Waals surface area contributed by atoms with Crippen molar-refractivity contribution in [1.82, 2.24) is 10.2 Å². The summed E-state index contributed by atoms with van der Waals surface area (Å²) in [6, 6.07) is 2.17. The number of hydrogen-bond donors (Lipinski definition) is 3. The van der Waals surface area contributed by atoms with E-state index in [1.165, 1.54) is 40.1 Å². The predicted octanol–water partition coefficient (Wildman–Crippen LogP) is 5.00. The molecular formula is C38H54ClN3O10S. The van der Waals surface area contributed by atoms with Crippen molar-refractivity contribution in [2.24, 2.45) is 5.92 Å². The molecule has 8 atom stereocenters. The molecule has 4 bridgehead atoms. The molecule has 0 aliphatic carbocycles. The second-order valence-corrected chi connectivity index (χ2v) is 15.4. The van der Waals surface area contributed by atoms with Gasteiger partial charge >= 0.3 is 12.1 Å². The molecular weight excluding hydrogens is 726 g/mol. The second-order valence-electron chi connectivity index (χ2n) is 14.3. The average Bonchev–Trinajstić information content (AvgIpc) is 3.84. The molecule has 0 aromatic heterocycles. The van der Waals surface area contributed by atoms with Gasteiger partial charge in [-0.1, -0.05) is 56.0 Å². The van der Waals surface area contributed by atoms with E-state index < -0.39 is 109 Å². The van der Waals surface area contributed by atoms with E-state index in [-0.39, 0.29) is 11.4 Å². The van der Waals surface area contributed by atoms with Crippen molar-refractivity contribution in [1.29, 1.82) is 0 Å². The summed E-state index contributed by atoms with van der Waals surface area (Å²) in [5.41, 5.74) is -1.33. The number of benzene rings is 1. The van der Waals surface area contributed by atoms with E-state index >= 15 is 0 Å². The fraction of sp³-hybridized carbons (Fsp3) is 0.632. The summed E-state index contributed by atoms with van der Waals surface area (Å²) in [5.74, 6) is -2.57. The fourth-order valence-electron chi connectivity index (χ4n) is 6.68. The lowest BCUT2D eigenvalue weighted by atomic mass is 9.83. The first-order chi connectivity index (χ1) is 27.1. The van der Waals surface area contributed by atoms with Crippen LogP contribution < -0.4 is 15.0 Å². The van der Waals surface area contributed by atoms with Gasteiger partial charge in [0.2, 0.25) is 11.8 Å². The molecule has 3 aliphatic heterocycles. The van der Waals surface area contributed by atoms with Crippen LogP contribution in [-0.4, -0.2) is 109 Å². The van der Waals surface area contributed by atoms with Crippen molar-refractivity contribution in [3.8, 4) is 5.75 Å². The lowest BCUT2D eigenvalue weighted by molar-refractivity contribution is -0.162. The Morgan fingerprint density at radius 3 is 2.64 bits per heavy atom.